The molecule has 0 bridgehead atoms. The van der Waals surface area contributed by atoms with E-state index in [1.165, 1.54) is 6.07 Å². The number of carbonyl (C=O) groups is 1. The van der Waals surface area contributed by atoms with Crippen molar-refractivity contribution in [1.82, 2.24) is 5.32 Å². The van der Waals surface area contributed by atoms with Crippen molar-refractivity contribution in [3.63, 3.8) is 0 Å². The molecule has 27 heavy (non-hydrogen) atoms. The van der Waals surface area contributed by atoms with Crippen molar-refractivity contribution < 1.29 is 23.1 Å². The predicted molar refractivity (Wildman–Crippen MR) is 98.8 cm³/mol. The lowest BCUT2D eigenvalue weighted by Crippen LogP contribution is -2.33. The molecule has 0 saturated heterocycles. The van der Waals surface area contributed by atoms with Crippen LogP contribution in [0, 0.1) is 0 Å². The average Bonchev–Trinajstić information content (AvgIpc) is 2.76. The van der Waals surface area contributed by atoms with Gasteiger partial charge in [0.15, 0.2) is 0 Å². The van der Waals surface area contributed by atoms with E-state index in [0.29, 0.717) is 17.0 Å². The van der Waals surface area contributed by atoms with E-state index in [9.17, 15) is 18.3 Å². The molecule has 2 aromatic carbocycles. The molecule has 138 valence electrons. The molecule has 0 amide bonds. The van der Waals surface area contributed by atoms with Crippen molar-refractivity contribution in [2.45, 2.75) is 17.7 Å². The number of carboxylic acid groups (broad SMARTS) is 1. The number of dihydropyridines is 1. The number of hydrogen-bond donors (Lipinski definition) is 2. The summed E-state index contributed by atoms with van der Waals surface area (Å²) in [7, 11) is -3.97. The van der Waals surface area contributed by atoms with Crippen molar-refractivity contribution in [2.24, 2.45) is 0 Å². The normalized spacial score (nSPS) is 20.7. The molecule has 0 aromatic heterocycles. The topological polar surface area (TPSA) is 92.7 Å². The summed E-state index contributed by atoms with van der Waals surface area (Å²) in [5.41, 5.74) is 1.39. The molecule has 2 aliphatic rings. The highest BCUT2D eigenvalue weighted by atomic mass is 32.2. The molecule has 0 saturated carbocycles. The van der Waals surface area contributed by atoms with Crippen molar-refractivity contribution in [1.29, 1.82) is 0 Å². The summed E-state index contributed by atoms with van der Waals surface area (Å²) in [6.45, 7) is 1.65. The maximum absolute atomic E-state index is 13.5. The number of hydrogen-bond acceptors (Lipinski definition) is 5. The highest BCUT2D eigenvalue weighted by Crippen LogP contribution is 2.45. The molecule has 7 heteroatoms. The minimum absolute atomic E-state index is 0.0130. The highest BCUT2D eigenvalue weighted by Gasteiger charge is 2.43. The average molecular weight is 383 g/mol. The second kappa shape index (κ2) is 6.28. The van der Waals surface area contributed by atoms with Gasteiger partial charge in [0.2, 0.25) is 9.84 Å². The van der Waals surface area contributed by atoms with Gasteiger partial charge in [0.1, 0.15) is 17.3 Å². The summed E-state index contributed by atoms with van der Waals surface area (Å²) < 4.78 is 32.8. The van der Waals surface area contributed by atoms with Crippen molar-refractivity contribution in [3.05, 3.63) is 82.0 Å². The molecular formula is C20H17NO5S. The lowest BCUT2D eigenvalue weighted by Gasteiger charge is -2.30. The van der Waals surface area contributed by atoms with E-state index in [2.05, 4.69) is 5.32 Å². The molecular weight excluding hydrogens is 366 g/mol. The molecule has 1 atom stereocenters. The highest BCUT2D eigenvalue weighted by molar-refractivity contribution is 7.95. The van der Waals surface area contributed by atoms with Crippen LogP contribution in [0.4, 0.5) is 0 Å². The smallest absolute Gasteiger partial charge is 0.334 e. The Morgan fingerprint density at radius 2 is 1.78 bits per heavy atom. The molecule has 2 aromatic rings. The summed E-state index contributed by atoms with van der Waals surface area (Å²) in [6.07, 6.45) is 0. The van der Waals surface area contributed by atoms with Crippen LogP contribution in [0.15, 0.2) is 81.4 Å². The number of allylic oxidation sites excluding steroid dienone is 2. The zero-order valence-electron chi connectivity index (χ0n) is 14.5. The van der Waals surface area contributed by atoms with Crippen LogP contribution in [0.3, 0.4) is 0 Å². The Labute approximate surface area is 156 Å². The van der Waals surface area contributed by atoms with Gasteiger partial charge in [-0.15, -0.1) is 0 Å². The van der Waals surface area contributed by atoms with Gasteiger partial charge in [-0.25, -0.2) is 13.2 Å². The lowest BCUT2D eigenvalue weighted by atomic mass is 9.86. The van der Waals surface area contributed by atoms with Gasteiger partial charge in [-0.05, 0) is 24.6 Å². The van der Waals surface area contributed by atoms with Crippen LogP contribution in [0.1, 0.15) is 18.4 Å². The predicted octanol–water partition coefficient (Wildman–Crippen LogP) is 2.81. The second-order valence-electron chi connectivity index (χ2n) is 6.39. The van der Waals surface area contributed by atoms with Gasteiger partial charge in [0.05, 0.1) is 22.1 Å². The van der Waals surface area contributed by atoms with Crippen LogP contribution in [-0.2, 0) is 14.6 Å². The van der Waals surface area contributed by atoms with Crippen LogP contribution >= 0.6 is 0 Å². The summed E-state index contributed by atoms with van der Waals surface area (Å²) in [6, 6.07) is 15.2. The fourth-order valence-corrected chi connectivity index (χ4v) is 5.49. The number of nitrogens with one attached hydrogen (secondary N) is 1. The molecule has 0 fully saturated rings. The number of benzene rings is 2. The van der Waals surface area contributed by atoms with Crippen LogP contribution < -0.4 is 10.1 Å². The molecule has 0 spiro atoms. The van der Waals surface area contributed by atoms with Gasteiger partial charge in [0, 0.05) is 5.70 Å². The Morgan fingerprint density at radius 3 is 2.48 bits per heavy atom. The fraction of sp³-hybridized carbons (Fsp3) is 0.150. The standard InChI is InChI=1S/C20H17NO5S/c1-12-17(20(22)23)18(13-7-3-2-4-8-13)19-14(21-12)11-26-15-9-5-6-10-16(15)27(19,24)25/h2-10,18,21H,11H2,1H3,(H,22,23). The van der Waals surface area contributed by atoms with E-state index < -0.39 is 21.7 Å². The Balaban J connectivity index is 2.02. The molecule has 4 rings (SSSR count). The van der Waals surface area contributed by atoms with Gasteiger partial charge < -0.3 is 15.2 Å². The zero-order chi connectivity index (χ0) is 19.2. The van der Waals surface area contributed by atoms with Crippen molar-refractivity contribution in [2.75, 3.05) is 6.61 Å². The first kappa shape index (κ1) is 17.4. The number of ether oxygens (including phenoxy) is 1. The maximum Gasteiger partial charge on any atom is 0.334 e. The number of rotatable bonds is 2. The van der Waals surface area contributed by atoms with Gasteiger partial charge in [-0.2, -0.15) is 0 Å². The van der Waals surface area contributed by atoms with Crippen LogP contribution in [0.25, 0.3) is 0 Å². The molecule has 1 unspecified atom stereocenters. The van der Waals surface area contributed by atoms with Gasteiger partial charge in [0.25, 0.3) is 0 Å². The molecule has 2 heterocycles. The molecule has 0 radical (unpaired) electrons. The quantitative estimate of drug-likeness (QED) is 0.828. The van der Waals surface area contributed by atoms with E-state index in [1.807, 2.05) is 0 Å². The van der Waals surface area contributed by atoms with E-state index in [0.717, 1.165) is 0 Å². The van der Waals surface area contributed by atoms with Crippen LogP contribution in [-0.4, -0.2) is 26.1 Å². The second-order valence-corrected chi connectivity index (χ2v) is 8.28. The van der Waals surface area contributed by atoms with Crippen molar-refractivity contribution >= 4 is 15.8 Å². The molecule has 6 nitrogen and oxygen atoms in total. The summed E-state index contributed by atoms with van der Waals surface area (Å²) >= 11 is 0. The fourth-order valence-electron chi connectivity index (χ4n) is 3.61. The first-order chi connectivity index (χ1) is 12.9. The maximum atomic E-state index is 13.5. The lowest BCUT2D eigenvalue weighted by molar-refractivity contribution is -0.133. The summed E-state index contributed by atoms with van der Waals surface area (Å²) in [5, 5.41) is 12.8. The first-order valence-corrected chi connectivity index (χ1v) is 9.85. The van der Waals surface area contributed by atoms with Crippen LogP contribution in [0.5, 0.6) is 5.75 Å². The van der Waals surface area contributed by atoms with E-state index >= 15 is 0 Å². The minimum atomic E-state index is -3.97. The number of sulfone groups is 1. The largest absolute Gasteiger partial charge is 0.486 e. The minimum Gasteiger partial charge on any atom is -0.486 e. The SMILES string of the molecule is CC1=C(C(=O)O)C(c2ccccc2)C2=C(COc3ccccc3S2(=O)=O)N1. The Kier molecular flexibility index (Phi) is 4.04. The third-order valence-corrected chi connectivity index (χ3v) is 6.73. The van der Waals surface area contributed by atoms with E-state index in [-0.39, 0.29) is 27.7 Å². The summed E-state index contributed by atoms with van der Waals surface area (Å²) in [5.74, 6) is -1.82. The Hall–Kier alpha value is -3.06. The number of para-hydroxylation sites is 1. The third kappa shape index (κ3) is 2.71. The van der Waals surface area contributed by atoms with Gasteiger partial charge in [-0.3, -0.25) is 0 Å². The van der Waals surface area contributed by atoms with Crippen molar-refractivity contribution in [3.8, 4) is 5.75 Å². The number of fused-ring (bicyclic) bond motifs is 1. The third-order valence-electron chi connectivity index (χ3n) is 4.75. The number of carboxylic acids is 1. The zero-order valence-corrected chi connectivity index (χ0v) is 15.3. The van der Waals surface area contributed by atoms with Gasteiger partial charge in [-0.1, -0.05) is 42.5 Å². The van der Waals surface area contributed by atoms with Crippen LogP contribution in [0.2, 0.25) is 0 Å². The molecule has 2 N–H and O–H groups in total. The van der Waals surface area contributed by atoms with E-state index in [4.69, 9.17) is 4.74 Å². The molecule has 2 aliphatic heterocycles. The van der Waals surface area contributed by atoms with Gasteiger partial charge >= 0.3 is 5.97 Å². The Morgan fingerprint density at radius 1 is 1.11 bits per heavy atom. The van der Waals surface area contributed by atoms with E-state index in [1.54, 1.807) is 55.5 Å². The number of aliphatic carboxylic acids is 1. The first-order valence-electron chi connectivity index (χ1n) is 8.37. The Bertz CT molecular complexity index is 1100. The molecule has 0 aliphatic carbocycles. The monoisotopic (exact) mass is 383 g/mol. The summed E-state index contributed by atoms with van der Waals surface area (Å²) in [4.78, 5) is 12.1.